The van der Waals surface area contributed by atoms with Crippen molar-refractivity contribution in [2.75, 3.05) is 25.7 Å². The van der Waals surface area contributed by atoms with E-state index in [-0.39, 0.29) is 22.6 Å². The van der Waals surface area contributed by atoms with Crippen LogP contribution in [0.15, 0.2) is 18.2 Å². The number of ether oxygens (including phenoxy) is 1. The Hall–Kier alpha value is -4.03. The van der Waals surface area contributed by atoms with Crippen molar-refractivity contribution in [1.29, 1.82) is 0 Å². The SMILES string of the molecule is COC(CNC(=O)c1c(C)[nH]c(/C=C2\C(=O)Nc3ccc(F)cc32)c1C)C(=O)N(CO)C(=O)O. The molecule has 3 rings (SSSR count). The first-order chi connectivity index (χ1) is 16.1. The zero-order chi connectivity index (χ0) is 25.2. The summed E-state index contributed by atoms with van der Waals surface area (Å²) in [6.07, 6.45) is -1.48. The van der Waals surface area contributed by atoms with Gasteiger partial charge in [-0.3, -0.25) is 14.4 Å². The van der Waals surface area contributed by atoms with Gasteiger partial charge in [-0.25, -0.2) is 14.1 Å². The van der Waals surface area contributed by atoms with E-state index < -0.39 is 42.5 Å². The van der Waals surface area contributed by atoms with Crippen LogP contribution in [0.25, 0.3) is 11.6 Å². The maximum Gasteiger partial charge on any atom is 0.416 e. The third-order valence-electron chi connectivity index (χ3n) is 5.40. The second-order valence-electron chi connectivity index (χ2n) is 7.49. The molecule has 1 aromatic heterocycles. The van der Waals surface area contributed by atoms with Gasteiger partial charge in [0.25, 0.3) is 17.7 Å². The molecule has 34 heavy (non-hydrogen) atoms. The van der Waals surface area contributed by atoms with Gasteiger partial charge in [0, 0.05) is 29.7 Å². The number of imide groups is 1. The first-order valence-corrected chi connectivity index (χ1v) is 10.1. The van der Waals surface area contributed by atoms with Crippen LogP contribution in [0.2, 0.25) is 0 Å². The summed E-state index contributed by atoms with van der Waals surface area (Å²) in [6.45, 7) is 1.88. The fraction of sp³-hybridized carbons (Fsp3) is 0.273. The summed E-state index contributed by atoms with van der Waals surface area (Å²) in [4.78, 5) is 51.7. The lowest BCUT2D eigenvalue weighted by Gasteiger charge is -2.21. The number of nitrogens with one attached hydrogen (secondary N) is 3. The molecule has 1 aromatic carbocycles. The van der Waals surface area contributed by atoms with Crippen molar-refractivity contribution in [3.8, 4) is 0 Å². The van der Waals surface area contributed by atoms with E-state index in [1.54, 1.807) is 13.8 Å². The molecule has 12 heteroatoms. The number of carbonyl (C=O) groups excluding carboxylic acids is 3. The average Bonchev–Trinajstić information content (AvgIpc) is 3.23. The molecular weight excluding hydrogens is 451 g/mol. The van der Waals surface area contributed by atoms with Crippen LogP contribution in [0.4, 0.5) is 14.9 Å². The third-order valence-corrected chi connectivity index (χ3v) is 5.40. The van der Waals surface area contributed by atoms with E-state index >= 15 is 0 Å². The van der Waals surface area contributed by atoms with Crippen LogP contribution < -0.4 is 10.6 Å². The molecule has 180 valence electrons. The Balaban J connectivity index is 1.82. The smallest absolute Gasteiger partial charge is 0.416 e. The molecule has 1 atom stereocenters. The number of benzene rings is 1. The second-order valence-corrected chi connectivity index (χ2v) is 7.49. The molecule has 0 saturated carbocycles. The van der Waals surface area contributed by atoms with Crippen LogP contribution in [0.5, 0.6) is 0 Å². The summed E-state index contributed by atoms with van der Waals surface area (Å²) in [5.41, 5.74) is 2.80. The Bertz CT molecular complexity index is 1200. The van der Waals surface area contributed by atoms with Gasteiger partial charge in [-0.2, -0.15) is 0 Å². The second kappa shape index (κ2) is 9.85. The number of methoxy groups -OCH3 is 1. The molecule has 0 saturated heterocycles. The number of aromatic nitrogens is 1. The van der Waals surface area contributed by atoms with Gasteiger partial charge in [0.15, 0.2) is 6.10 Å². The number of fused-ring (bicyclic) bond motifs is 1. The first-order valence-electron chi connectivity index (χ1n) is 10.1. The topological polar surface area (TPSA) is 161 Å². The Morgan fingerprint density at radius 3 is 2.62 bits per heavy atom. The predicted molar refractivity (Wildman–Crippen MR) is 118 cm³/mol. The Morgan fingerprint density at radius 2 is 2.00 bits per heavy atom. The van der Waals surface area contributed by atoms with E-state index in [9.17, 15) is 23.6 Å². The molecule has 0 spiro atoms. The zero-order valence-electron chi connectivity index (χ0n) is 18.6. The van der Waals surface area contributed by atoms with Crippen LogP contribution in [0.1, 0.15) is 32.9 Å². The summed E-state index contributed by atoms with van der Waals surface area (Å²) in [5, 5.41) is 23.2. The monoisotopic (exact) mass is 474 g/mol. The molecule has 5 N–H and O–H groups in total. The van der Waals surface area contributed by atoms with E-state index in [4.69, 9.17) is 14.9 Å². The van der Waals surface area contributed by atoms with Gasteiger partial charge < -0.3 is 30.6 Å². The van der Waals surface area contributed by atoms with Gasteiger partial charge >= 0.3 is 6.09 Å². The lowest BCUT2D eigenvalue weighted by molar-refractivity contribution is -0.142. The highest BCUT2D eigenvalue weighted by molar-refractivity contribution is 6.34. The molecule has 0 radical (unpaired) electrons. The minimum atomic E-state index is -1.66. The number of nitrogens with zero attached hydrogens (tertiary/aromatic N) is 1. The number of carbonyl (C=O) groups is 4. The number of halogens is 1. The van der Waals surface area contributed by atoms with Gasteiger partial charge in [-0.1, -0.05) is 0 Å². The van der Waals surface area contributed by atoms with Crippen molar-refractivity contribution in [1.82, 2.24) is 15.2 Å². The van der Waals surface area contributed by atoms with E-state index in [1.165, 1.54) is 24.3 Å². The largest absolute Gasteiger partial charge is 0.465 e. The first kappa shape index (κ1) is 24.6. The molecule has 0 fully saturated rings. The maximum absolute atomic E-state index is 13.7. The number of anilines is 1. The minimum Gasteiger partial charge on any atom is -0.465 e. The van der Waals surface area contributed by atoms with E-state index in [0.29, 0.717) is 28.2 Å². The van der Waals surface area contributed by atoms with Crippen LogP contribution in [0, 0.1) is 19.7 Å². The summed E-state index contributed by atoms with van der Waals surface area (Å²) in [7, 11) is 1.16. The van der Waals surface area contributed by atoms with Crippen molar-refractivity contribution in [3.63, 3.8) is 0 Å². The van der Waals surface area contributed by atoms with E-state index in [2.05, 4.69) is 15.6 Å². The molecule has 1 unspecified atom stereocenters. The zero-order valence-corrected chi connectivity index (χ0v) is 18.6. The molecular formula is C22H23FN4O7. The number of hydrogen-bond acceptors (Lipinski definition) is 6. The van der Waals surface area contributed by atoms with Gasteiger partial charge in [0.1, 0.15) is 12.5 Å². The quantitative estimate of drug-likeness (QED) is 0.300. The third kappa shape index (κ3) is 4.67. The number of aryl methyl sites for hydroxylation is 1. The lowest BCUT2D eigenvalue weighted by atomic mass is 10.0. The van der Waals surface area contributed by atoms with Crippen molar-refractivity contribution in [2.45, 2.75) is 20.0 Å². The van der Waals surface area contributed by atoms with Crippen molar-refractivity contribution < 1.29 is 38.5 Å². The number of amides is 4. The van der Waals surface area contributed by atoms with Gasteiger partial charge in [0.05, 0.1) is 17.7 Å². The highest BCUT2D eigenvalue weighted by Crippen LogP contribution is 2.34. The number of H-pyrrole nitrogens is 1. The maximum atomic E-state index is 13.7. The minimum absolute atomic E-state index is 0.157. The molecule has 1 aliphatic rings. The molecule has 0 aliphatic carbocycles. The standard InChI is InChI=1S/C22H23FN4O7/c1-10-16(7-14-13-6-12(23)4-5-15(13)26-19(14)29)25-11(2)18(10)20(30)24-8-17(34-3)21(31)27(9-28)22(32)33/h4-7,17,25,28H,8-9H2,1-3H3,(H,24,30)(H,26,29)(H,32,33)/b14-7-. The summed E-state index contributed by atoms with van der Waals surface area (Å²) in [6, 6.07) is 3.94. The van der Waals surface area contributed by atoms with Gasteiger partial charge in [-0.05, 0) is 43.7 Å². The van der Waals surface area contributed by atoms with Crippen LogP contribution in [-0.4, -0.2) is 70.4 Å². The van der Waals surface area contributed by atoms with Crippen LogP contribution in [0.3, 0.4) is 0 Å². The highest BCUT2D eigenvalue weighted by atomic mass is 19.1. The van der Waals surface area contributed by atoms with Crippen LogP contribution in [-0.2, 0) is 14.3 Å². The fourth-order valence-electron chi connectivity index (χ4n) is 3.65. The fourth-order valence-corrected chi connectivity index (χ4v) is 3.65. The normalized spacial score (nSPS) is 14.5. The van der Waals surface area contributed by atoms with Crippen molar-refractivity contribution >= 4 is 41.2 Å². The number of rotatable bonds is 7. The van der Waals surface area contributed by atoms with Crippen molar-refractivity contribution in [3.05, 3.63) is 52.1 Å². The summed E-state index contributed by atoms with van der Waals surface area (Å²) >= 11 is 0. The number of aromatic amines is 1. The Morgan fingerprint density at radius 1 is 1.29 bits per heavy atom. The summed E-state index contributed by atoms with van der Waals surface area (Å²) in [5.74, 6) is -2.51. The van der Waals surface area contributed by atoms with Gasteiger partial charge in [-0.15, -0.1) is 0 Å². The van der Waals surface area contributed by atoms with E-state index in [0.717, 1.165) is 7.11 Å². The lowest BCUT2D eigenvalue weighted by Crippen LogP contribution is -2.48. The van der Waals surface area contributed by atoms with Crippen molar-refractivity contribution in [2.24, 2.45) is 0 Å². The molecule has 2 aromatic rings. The molecule has 2 heterocycles. The molecule has 1 aliphatic heterocycles. The molecule has 11 nitrogen and oxygen atoms in total. The summed E-state index contributed by atoms with van der Waals surface area (Å²) < 4.78 is 18.7. The van der Waals surface area contributed by atoms with Gasteiger partial charge in [0.2, 0.25) is 0 Å². The predicted octanol–water partition coefficient (Wildman–Crippen LogP) is 1.46. The Labute approximate surface area is 193 Å². The highest BCUT2D eigenvalue weighted by Gasteiger charge is 2.30. The number of carboxylic acid groups (broad SMARTS) is 1. The van der Waals surface area contributed by atoms with Crippen LogP contribution >= 0.6 is 0 Å². The number of hydrogen-bond donors (Lipinski definition) is 5. The van der Waals surface area contributed by atoms with E-state index in [1.807, 2.05) is 0 Å². The Kier molecular flexibility index (Phi) is 7.13. The molecule has 4 amide bonds. The number of aliphatic hydroxyl groups is 1. The molecule has 0 bridgehead atoms. The average molecular weight is 474 g/mol. The number of aliphatic hydroxyl groups excluding tert-OH is 1.